The maximum Gasteiger partial charge on any atom is 0.265 e. The van der Waals surface area contributed by atoms with E-state index in [0.717, 1.165) is 11.0 Å². The van der Waals surface area contributed by atoms with Crippen molar-refractivity contribution in [3.8, 4) is 0 Å². The molecule has 0 radical (unpaired) electrons. The second kappa shape index (κ2) is 4.38. The summed E-state index contributed by atoms with van der Waals surface area (Å²) in [5, 5.41) is 11.6. The van der Waals surface area contributed by atoms with Crippen molar-refractivity contribution in [1.29, 1.82) is 0 Å². The number of rotatable bonds is 1. The van der Waals surface area contributed by atoms with Gasteiger partial charge < -0.3 is 10.4 Å². The first-order chi connectivity index (χ1) is 9.50. The summed E-state index contributed by atoms with van der Waals surface area (Å²) in [5.74, 6) is -2.88. The summed E-state index contributed by atoms with van der Waals surface area (Å²) < 4.78 is 13.7. The molecule has 1 aromatic carbocycles. The Labute approximate surface area is 113 Å². The number of nitrogens with one attached hydrogen (secondary N) is 1. The van der Waals surface area contributed by atoms with Crippen molar-refractivity contribution >= 4 is 17.7 Å². The predicted octanol–water partition coefficient (Wildman–Crippen LogP) is 0.0187. The van der Waals surface area contributed by atoms with Crippen LogP contribution in [-0.4, -0.2) is 40.0 Å². The molecule has 1 aromatic rings. The van der Waals surface area contributed by atoms with E-state index in [9.17, 15) is 23.9 Å². The summed E-state index contributed by atoms with van der Waals surface area (Å²) in [6.07, 6.45) is -0.600. The molecular formula is C13H11FN2O4. The van der Waals surface area contributed by atoms with Crippen LogP contribution in [0.5, 0.6) is 0 Å². The Morgan fingerprint density at radius 2 is 1.95 bits per heavy atom. The average molecular weight is 278 g/mol. The highest BCUT2D eigenvalue weighted by Crippen LogP contribution is 2.29. The summed E-state index contributed by atoms with van der Waals surface area (Å²) in [6.45, 7) is 0. The van der Waals surface area contributed by atoms with E-state index >= 15 is 0 Å². The van der Waals surface area contributed by atoms with Gasteiger partial charge in [-0.25, -0.2) is 4.39 Å². The van der Waals surface area contributed by atoms with Crippen molar-refractivity contribution in [2.75, 3.05) is 0 Å². The Morgan fingerprint density at radius 3 is 2.60 bits per heavy atom. The van der Waals surface area contributed by atoms with Crippen LogP contribution in [0.15, 0.2) is 18.2 Å². The van der Waals surface area contributed by atoms with Gasteiger partial charge in [0.1, 0.15) is 18.1 Å². The number of nitrogens with zero attached hydrogens (tertiary/aromatic N) is 1. The van der Waals surface area contributed by atoms with E-state index in [2.05, 4.69) is 5.32 Å². The van der Waals surface area contributed by atoms with Gasteiger partial charge in [-0.3, -0.25) is 19.3 Å². The molecule has 6 nitrogen and oxygen atoms in total. The van der Waals surface area contributed by atoms with Gasteiger partial charge in [0.25, 0.3) is 11.8 Å². The van der Waals surface area contributed by atoms with E-state index in [4.69, 9.17) is 0 Å². The predicted molar refractivity (Wildman–Crippen MR) is 64.1 cm³/mol. The first-order valence-corrected chi connectivity index (χ1v) is 6.15. The fourth-order valence-corrected chi connectivity index (χ4v) is 2.57. The highest BCUT2D eigenvalue weighted by molar-refractivity contribution is 6.23. The molecule has 0 spiro atoms. The largest absolute Gasteiger partial charge is 0.374 e. The van der Waals surface area contributed by atoms with Crippen LogP contribution < -0.4 is 5.32 Å². The molecule has 2 N–H and O–H groups in total. The highest BCUT2D eigenvalue weighted by Gasteiger charge is 2.45. The number of fused-ring (bicyclic) bond motifs is 1. The SMILES string of the molecule is O=C1N[C@@H](O)CCC1N1C(=O)c2cccc(F)c2C1=O. The molecule has 7 heteroatoms. The maximum absolute atomic E-state index is 13.7. The average Bonchev–Trinajstić information content (AvgIpc) is 2.64. The van der Waals surface area contributed by atoms with Crippen LogP contribution in [0.4, 0.5) is 4.39 Å². The summed E-state index contributed by atoms with van der Waals surface area (Å²) >= 11 is 0. The summed E-state index contributed by atoms with van der Waals surface area (Å²) in [7, 11) is 0. The normalized spacial score (nSPS) is 25.7. The van der Waals surface area contributed by atoms with Gasteiger partial charge in [-0.05, 0) is 25.0 Å². The first-order valence-electron chi connectivity index (χ1n) is 6.15. The molecule has 0 saturated carbocycles. The molecule has 104 valence electrons. The number of carbonyl (C=O) groups is 3. The van der Waals surface area contributed by atoms with Gasteiger partial charge in [0, 0.05) is 0 Å². The monoisotopic (exact) mass is 278 g/mol. The second-order valence-electron chi connectivity index (χ2n) is 4.76. The highest BCUT2D eigenvalue weighted by atomic mass is 19.1. The molecule has 1 unspecified atom stereocenters. The molecule has 2 atom stereocenters. The Bertz CT molecular complexity index is 631. The zero-order valence-electron chi connectivity index (χ0n) is 10.3. The zero-order valence-corrected chi connectivity index (χ0v) is 10.3. The fraction of sp³-hybridized carbons (Fsp3) is 0.308. The van der Waals surface area contributed by atoms with E-state index in [1.807, 2.05) is 0 Å². The number of aliphatic hydroxyl groups is 1. The van der Waals surface area contributed by atoms with Crippen molar-refractivity contribution in [3.63, 3.8) is 0 Å². The number of imide groups is 1. The molecule has 20 heavy (non-hydrogen) atoms. The van der Waals surface area contributed by atoms with Crippen molar-refractivity contribution in [1.82, 2.24) is 10.2 Å². The summed E-state index contributed by atoms with van der Waals surface area (Å²) in [6, 6.07) is 2.78. The minimum atomic E-state index is -1.01. The van der Waals surface area contributed by atoms with E-state index in [1.165, 1.54) is 12.1 Å². The Hall–Kier alpha value is -2.28. The molecule has 0 aromatic heterocycles. The number of benzene rings is 1. The number of aliphatic hydroxyl groups excluding tert-OH is 1. The molecule has 1 fully saturated rings. The molecule has 3 rings (SSSR count). The minimum Gasteiger partial charge on any atom is -0.374 e. The lowest BCUT2D eigenvalue weighted by Crippen LogP contribution is -2.55. The first kappa shape index (κ1) is 12.7. The lowest BCUT2D eigenvalue weighted by molar-refractivity contribution is -0.131. The molecule has 3 amide bonds. The van der Waals surface area contributed by atoms with Crippen LogP contribution in [0.2, 0.25) is 0 Å². The van der Waals surface area contributed by atoms with Gasteiger partial charge in [0.2, 0.25) is 5.91 Å². The summed E-state index contributed by atoms with van der Waals surface area (Å²) in [4.78, 5) is 36.9. The number of hydrogen-bond donors (Lipinski definition) is 2. The lowest BCUT2D eigenvalue weighted by Gasteiger charge is -2.31. The molecule has 2 heterocycles. The molecule has 2 aliphatic heterocycles. The van der Waals surface area contributed by atoms with Gasteiger partial charge in [-0.15, -0.1) is 0 Å². The summed E-state index contributed by atoms with van der Waals surface area (Å²) in [5.41, 5.74) is -0.328. The van der Waals surface area contributed by atoms with Crippen molar-refractivity contribution in [2.24, 2.45) is 0 Å². The standard InChI is InChI=1S/C13H11FN2O4/c14-7-3-1-2-6-10(7)13(20)16(12(6)19)8-4-5-9(17)15-11(8)18/h1-3,8-9,17H,4-5H2,(H,15,18)/t8?,9-/m0/s1. The van der Waals surface area contributed by atoms with Gasteiger partial charge in [-0.1, -0.05) is 6.07 Å². The second-order valence-corrected chi connectivity index (χ2v) is 4.76. The van der Waals surface area contributed by atoms with Crippen LogP contribution in [0.1, 0.15) is 33.6 Å². The van der Waals surface area contributed by atoms with Crippen molar-refractivity contribution in [3.05, 3.63) is 35.1 Å². The van der Waals surface area contributed by atoms with Gasteiger partial charge in [0.05, 0.1) is 11.1 Å². The molecule has 0 bridgehead atoms. The van der Waals surface area contributed by atoms with E-state index in [-0.39, 0.29) is 24.0 Å². The van der Waals surface area contributed by atoms with Gasteiger partial charge in [0.15, 0.2) is 0 Å². The Kier molecular flexibility index (Phi) is 2.79. The number of hydrogen-bond acceptors (Lipinski definition) is 4. The van der Waals surface area contributed by atoms with Crippen LogP contribution in [0.3, 0.4) is 0 Å². The van der Waals surface area contributed by atoms with E-state index in [1.54, 1.807) is 0 Å². The topological polar surface area (TPSA) is 86.7 Å². The van der Waals surface area contributed by atoms with Crippen LogP contribution in [0, 0.1) is 5.82 Å². The number of halogens is 1. The quantitative estimate of drug-likeness (QED) is 0.709. The molecule has 0 aliphatic carbocycles. The Morgan fingerprint density at radius 1 is 1.20 bits per heavy atom. The molecular weight excluding hydrogens is 267 g/mol. The number of carbonyl (C=O) groups excluding carboxylic acids is 3. The van der Waals surface area contributed by atoms with E-state index < -0.39 is 35.8 Å². The third kappa shape index (κ3) is 1.70. The van der Waals surface area contributed by atoms with Crippen LogP contribution in [0.25, 0.3) is 0 Å². The third-order valence-corrected chi connectivity index (χ3v) is 3.53. The minimum absolute atomic E-state index is 0.0334. The number of piperidine rings is 1. The van der Waals surface area contributed by atoms with Gasteiger partial charge in [-0.2, -0.15) is 0 Å². The molecule has 2 aliphatic rings. The van der Waals surface area contributed by atoms with Crippen molar-refractivity contribution < 1.29 is 23.9 Å². The fourth-order valence-electron chi connectivity index (χ4n) is 2.57. The molecule has 1 saturated heterocycles. The van der Waals surface area contributed by atoms with Gasteiger partial charge >= 0.3 is 0 Å². The third-order valence-electron chi connectivity index (χ3n) is 3.53. The smallest absolute Gasteiger partial charge is 0.265 e. The lowest BCUT2D eigenvalue weighted by atomic mass is 10.0. The number of amides is 3. The van der Waals surface area contributed by atoms with Crippen molar-refractivity contribution in [2.45, 2.75) is 25.1 Å². The van der Waals surface area contributed by atoms with Crippen LogP contribution >= 0.6 is 0 Å². The maximum atomic E-state index is 13.7. The van der Waals surface area contributed by atoms with Crippen LogP contribution in [-0.2, 0) is 4.79 Å². The zero-order chi connectivity index (χ0) is 14.4. The van der Waals surface area contributed by atoms with E-state index in [0.29, 0.717) is 0 Å². The Balaban J connectivity index is 1.98.